The summed E-state index contributed by atoms with van der Waals surface area (Å²) in [4.78, 5) is 11.1. The first-order valence-corrected chi connectivity index (χ1v) is 5.35. The number of H-pyrrole nitrogens is 1. The maximum atomic E-state index is 12.2. The van der Waals surface area contributed by atoms with E-state index in [1.165, 1.54) is 0 Å². The second-order valence-corrected chi connectivity index (χ2v) is 3.75. The van der Waals surface area contributed by atoms with Gasteiger partial charge >= 0.3 is 11.9 Å². The Hall–Kier alpha value is -1.31. The van der Waals surface area contributed by atoms with Gasteiger partial charge in [-0.05, 0) is 19.4 Å². The predicted molar refractivity (Wildman–Crippen MR) is 55.5 cm³/mol. The van der Waals surface area contributed by atoms with Crippen LogP contribution in [0.4, 0.5) is 13.2 Å². The summed E-state index contributed by atoms with van der Waals surface area (Å²) >= 11 is 0. The minimum Gasteiger partial charge on any atom is -0.330 e. The Morgan fingerprint density at radius 1 is 1.29 bits per heavy atom. The Labute approximate surface area is 95.8 Å². The van der Waals surface area contributed by atoms with Crippen LogP contribution in [0.1, 0.15) is 25.1 Å². The van der Waals surface area contributed by atoms with Gasteiger partial charge in [0.1, 0.15) is 12.4 Å². The number of halogens is 3. The average molecular weight is 252 g/mol. The third-order valence-electron chi connectivity index (χ3n) is 2.28. The zero-order chi connectivity index (χ0) is 12.9. The van der Waals surface area contributed by atoms with Crippen LogP contribution < -0.4 is 11.4 Å². The van der Waals surface area contributed by atoms with E-state index in [2.05, 4.69) is 5.10 Å². The van der Waals surface area contributed by atoms with Crippen LogP contribution >= 0.6 is 0 Å². The number of nitrogens with two attached hydrogens (primary N) is 1. The molecule has 0 bridgehead atoms. The van der Waals surface area contributed by atoms with E-state index < -0.39 is 18.4 Å². The second kappa shape index (κ2) is 5.85. The van der Waals surface area contributed by atoms with Crippen LogP contribution in [0.25, 0.3) is 0 Å². The van der Waals surface area contributed by atoms with E-state index in [1.807, 2.05) is 5.10 Å². The highest BCUT2D eigenvalue weighted by Crippen LogP contribution is 2.17. The number of aromatic amines is 1. The van der Waals surface area contributed by atoms with Gasteiger partial charge in [-0.3, -0.25) is 4.57 Å². The lowest BCUT2D eigenvalue weighted by Crippen LogP contribution is -2.27. The van der Waals surface area contributed by atoms with Crippen LogP contribution in [0.15, 0.2) is 4.79 Å². The Bertz CT molecular complexity index is 396. The summed E-state index contributed by atoms with van der Waals surface area (Å²) in [6.45, 7) is -0.746. The van der Waals surface area contributed by atoms with Gasteiger partial charge in [-0.15, -0.1) is 0 Å². The SMILES string of the molecule is NCCCCCc1n[nH]c(=O)n1CC(F)(F)F. The third kappa shape index (κ3) is 4.59. The molecule has 0 aliphatic rings. The third-order valence-corrected chi connectivity index (χ3v) is 2.28. The standard InChI is InChI=1S/C9H15F3N4O/c10-9(11,12)6-16-7(14-15-8(16)17)4-2-1-3-5-13/h1-6,13H2,(H,15,17). The van der Waals surface area contributed by atoms with Gasteiger partial charge in [0, 0.05) is 6.42 Å². The molecule has 17 heavy (non-hydrogen) atoms. The van der Waals surface area contributed by atoms with Crippen LogP contribution in [0, 0.1) is 0 Å². The zero-order valence-electron chi connectivity index (χ0n) is 9.26. The minimum atomic E-state index is -4.42. The van der Waals surface area contributed by atoms with Crippen molar-refractivity contribution in [2.45, 2.75) is 38.4 Å². The highest BCUT2D eigenvalue weighted by molar-refractivity contribution is 4.87. The number of rotatable bonds is 6. The Kier molecular flexibility index (Phi) is 4.73. The van der Waals surface area contributed by atoms with Crippen molar-refractivity contribution in [2.75, 3.05) is 6.54 Å². The van der Waals surface area contributed by atoms with Crippen molar-refractivity contribution in [3.05, 3.63) is 16.3 Å². The molecule has 0 radical (unpaired) electrons. The maximum absolute atomic E-state index is 12.2. The quantitative estimate of drug-likeness (QED) is 0.735. The normalized spacial score (nSPS) is 12.0. The molecular formula is C9H15F3N4O. The Balaban J connectivity index is 2.63. The van der Waals surface area contributed by atoms with Crippen molar-refractivity contribution in [3.8, 4) is 0 Å². The van der Waals surface area contributed by atoms with E-state index >= 15 is 0 Å². The molecule has 0 atom stereocenters. The monoisotopic (exact) mass is 252 g/mol. The lowest BCUT2D eigenvalue weighted by molar-refractivity contribution is -0.141. The molecule has 0 saturated carbocycles. The number of aryl methyl sites for hydroxylation is 1. The molecule has 0 aliphatic carbocycles. The lowest BCUT2D eigenvalue weighted by atomic mass is 10.2. The summed E-state index contributed by atoms with van der Waals surface area (Å²) in [5.74, 6) is 0.143. The fourth-order valence-electron chi connectivity index (χ4n) is 1.49. The molecule has 0 saturated heterocycles. The zero-order valence-corrected chi connectivity index (χ0v) is 9.26. The molecular weight excluding hydrogens is 237 g/mol. The fourth-order valence-corrected chi connectivity index (χ4v) is 1.49. The number of aromatic nitrogens is 3. The van der Waals surface area contributed by atoms with Gasteiger partial charge in [0.15, 0.2) is 0 Å². The van der Waals surface area contributed by atoms with E-state index in [0.29, 0.717) is 24.0 Å². The van der Waals surface area contributed by atoms with Crippen LogP contribution in [-0.4, -0.2) is 27.5 Å². The van der Waals surface area contributed by atoms with E-state index in [-0.39, 0.29) is 5.82 Å². The van der Waals surface area contributed by atoms with Crippen molar-refractivity contribution in [3.63, 3.8) is 0 Å². The van der Waals surface area contributed by atoms with Gasteiger partial charge < -0.3 is 5.73 Å². The molecule has 3 N–H and O–H groups in total. The van der Waals surface area contributed by atoms with E-state index in [0.717, 1.165) is 12.8 Å². The number of nitrogens with zero attached hydrogens (tertiary/aromatic N) is 2. The summed E-state index contributed by atoms with van der Waals surface area (Å²) < 4.78 is 37.2. The van der Waals surface area contributed by atoms with Crippen LogP contribution in [0.2, 0.25) is 0 Å². The molecule has 1 rings (SSSR count). The Morgan fingerprint density at radius 3 is 2.59 bits per heavy atom. The molecule has 0 spiro atoms. The van der Waals surface area contributed by atoms with Gasteiger partial charge in [-0.2, -0.15) is 18.3 Å². The van der Waals surface area contributed by atoms with E-state index in [1.54, 1.807) is 0 Å². The van der Waals surface area contributed by atoms with Crippen molar-refractivity contribution in [1.82, 2.24) is 14.8 Å². The van der Waals surface area contributed by atoms with Gasteiger partial charge in [-0.25, -0.2) is 9.89 Å². The number of nitrogens with one attached hydrogen (secondary N) is 1. The summed E-state index contributed by atoms with van der Waals surface area (Å²) in [6, 6.07) is 0. The van der Waals surface area contributed by atoms with Gasteiger partial charge in [0.25, 0.3) is 0 Å². The number of hydrogen-bond donors (Lipinski definition) is 2. The minimum absolute atomic E-state index is 0.143. The van der Waals surface area contributed by atoms with Gasteiger partial charge in [-0.1, -0.05) is 6.42 Å². The average Bonchev–Trinajstić information content (AvgIpc) is 2.54. The first-order valence-electron chi connectivity index (χ1n) is 5.35. The lowest BCUT2D eigenvalue weighted by Gasteiger charge is -2.08. The molecule has 0 unspecified atom stereocenters. The van der Waals surface area contributed by atoms with Crippen molar-refractivity contribution < 1.29 is 13.2 Å². The first kappa shape index (κ1) is 13.8. The maximum Gasteiger partial charge on any atom is 0.406 e. The summed E-state index contributed by atoms with van der Waals surface area (Å²) in [7, 11) is 0. The molecule has 1 heterocycles. The predicted octanol–water partition coefficient (Wildman–Crippen LogP) is 0.805. The van der Waals surface area contributed by atoms with Crippen molar-refractivity contribution >= 4 is 0 Å². The molecule has 1 aromatic rings. The molecule has 1 aromatic heterocycles. The van der Waals surface area contributed by atoms with Crippen LogP contribution in [0.3, 0.4) is 0 Å². The summed E-state index contributed by atoms with van der Waals surface area (Å²) in [6.07, 6.45) is -1.79. The fraction of sp³-hybridized carbons (Fsp3) is 0.778. The highest BCUT2D eigenvalue weighted by atomic mass is 19.4. The van der Waals surface area contributed by atoms with Gasteiger partial charge in [0.05, 0.1) is 0 Å². The molecule has 8 heteroatoms. The number of hydrogen-bond acceptors (Lipinski definition) is 3. The number of alkyl halides is 3. The van der Waals surface area contributed by atoms with E-state index in [9.17, 15) is 18.0 Å². The first-order chi connectivity index (χ1) is 7.94. The van der Waals surface area contributed by atoms with Crippen molar-refractivity contribution in [1.29, 1.82) is 0 Å². The molecule has 0 aromatic carbocycles. The smallest absolute Gasteiger partial charge is 0.330 e. The van der Waals surface area contributed by atoms with E-state index in [4.69, 9.17) is 5.73 Å². The topological polar surface area (TPSA) is 76.7 Å². The molecule has 0 fully saturated rings. The molecule has 0 amide bonds. The highest BCUT2D eigenvalue weighted by Gasteiger charge is 2.30. The van der Waals surface area contributed by atoms with Gasteiger partial charge in [0.2, 0.25) is 0 Å². The summed E-state index contributed by atoms with van der Waals surface area (Å²) in [5.41, 5.74) is 4.48. The molecule has 5 nitrogen and oxygen atoms in total. The van der Waals surface area contributed by atoms with Crippen LogP contribution in [0.5, 0.6) is 0 Å². The Morgan fingerprint density at radius 2 is 2.00 bits per heavy atom. The second-order valence-electron chi connectivity index (χ2n) is 3.75. The largest absolute Gasteiger partial charge is 0.406 e. The van der Waals surface area contributed by atoms with Crippen molar-refractivity contribution in [2.24, 2.45) is 5.73 Å². The summed E-state index contributed by atoms with van der Waals surface area (Å²) in [5, 5.41) is 5.63. The molecule has 0 aliphatic heterocycles. The molecule has 98 valence electrons. The number of unbranched alkanes of at least 4 members (excludes halogenated alkanes) is 2. The van der Waals surface area contributed by atoms with Crippen LogP contribution in [-0.2, 0) is 13.0 Å².